The normalized spacial score (nSPS) is 12.9. The smallest absolute Gasteiger partial charge is 0.227 e. The second-order valence-corrected chi connectivity index (χ2v) is 6.90. The molecule has 0 atom stereocenters. The van der Waals surface area contributed by atoms with Crippen LogP contribution in [0.15, 0.2) is 24.3 Å². The molecular weight excluding hydrogens is 360 g/mol. The number of aliphatic hydroxyl groups is 2. The molecular formula is C19H28N6O3. The number of methoxy groups -OCH3 is 1. The van der Waals surface area contributed by atoms with Crippen molar-refractivity contribution in [2.24, 2.45) is 0 Å². The lowest BCUT2D eigenvalue weighted by Gasteiger charge is -2.22. The van der Waals surface area contributed by atoms with Gasteiger partial charge in [0.2, 0.25) is 5.95 Å². The number of hydrogen-bond donors (Lipinski definition) is 5. The van der Waals surface area contributed by atoms with E-state index < -0.39 is 6.04 Å². The van der Waals surface area contributed by atoms with Crippen LogP contribution in [0, 0.1) is 0 Å². The summed E-state index contributed by atoms with van der Waals surface area (Å²) in [5.41, 5.74) is 1.93. The highest BCUT2D eigenvalue weighted by atomic mass is 16.5. The number of fused-ring (bicyclic) bond motifs is 1. The van der Waals surface area contributed by atoms with Crippen LogP contribution in [0.5, 0.6) is 5.75 Å². The first-order chi connectivity index (χ1) is 13.5. The van der Waals surface area contributed by atoms with Crippen molar-refractivity contribution in [2.45, 2.75) is 32.5 Å². The molecule has 0 fully saturated rings. The van der Waals surface area contributed by atoms with Gasteiger partial charge in [-0.05, 0) is 31.5 Å². The van der Waals surface area contributed by atoms with Crippen molar-refractivity contribution in [3.05, 3.63) is 29.8 Å². The number of hydrogen-bond acceptors (Lipinski definition) is 9. The third kappa shape index (κ3) is 4.37. The van der Waals surface area contributed by atoms with Crippen LogP contribution in [0.25, 0.3) is 0 Å². The summed E-state index contributed by atoms with van der Waals surface area (Å²) in [7, 11) is 1.64. The average molecular weight is 388 g/mol. The molecule has 28 heavy (non-hydrogen) atoms. The number of aromatic nitrogens is 2. The van der Waals surface area contributed by atoms with Gasteiger partial charge in [0.1, 0.15) is 11.4 Å². The fourth-order valence-electron chi connectivity index (χ4n) is 2.94. The molecule has 0 radical (unpaired) electrons. The van der Waals surface area contributed by atoms with Crippen molar-refractivity contribution in [3.8, 4) is 5.75 Å². The van der Waals surface area contributed by atoms with Gasteiger partial charge in [-0.25, -0.2) is 0 Å². The van der Waals surface area contributed by atoms with Gasteiger partial charge in [0.05, 0.1) is 33.0 Å². The van der Waals surface area contributed by atoms with Gasteiger partial charge in [0, 0.05) is 12.6 Å². The molecule has 5 N–H and O–H groups in total. The maximum absolute atomic E-state index is 9.36. The summed E-state index contributed by atoms with van der Waals surface area (Å²) in [6.45, 7) is 5.00. The molecule has 0 amide bonds. The minimum atomic E-state index is -0.519. The molecule has 1 aromatic carbocycles. The van der Waals surface area contributed by atoms with Crippen molar-refractivity contribution in [1.82, 2.24) is 9.97 Å². The lowest BCUT2D eigenvalue weighted by atomic mass is 10.2. The van der Waals surface area contributed by atoms with Gasteiger partial charge in [-0.1, -0.05) is 12.1 Å². The standard InChI is InChI=1S/C19H28N6O3/c1-12(2)25-11-21-16-17(20-8-13-4-6-15(28-3)7-5-13)23-19(24-18(16)25)22-14(9-26)10-27/h4-7,12,14,21,26-27H,8-11H2,1-3H3,(H2,20,22,23,24). The number of nitrogens with one attached hydrogen (secondary N) is 3. The van der Waals surface area contributed by atoms with E-state index in [4.69, 9.17) is 4.74 Å². The van der Waals surface area contributed by atoms with E-state index in [1.54, 1.807) is 7.11 Å². The van der Waals surface area contributed by atoms with Crippen LogP contribution in [-0.4, -0.2) is 59.3 Å². The van der Waals surface area contributed by atoms with E-state index in [0.717, 1.165) is 22.8 Å². The Bertz CT molecular complexity index is 780. The van der Waals surface area contributed by atoms with Crippen LogP contribution in [0.3, 0.4) is 0 Å². The molecule has 1 aromatic heterocycles. The number of benzene rings is 1. The Kier molecular flexibility index (Phi) is 6.37. The summed E-state index contributed by atoms with van der Waals surface area (Å²) in [5.74, 6) is 2.63. The predicted molar refractivity (Wildman–Crippen MR) is 110 cm³/mol. The maximum atomic E-state index is 9.36. The van der Waals surface area contributed by atoms with E-state index in [1.165, 1.54) is 0 Å². The van der Waals surface area contributed by atoms with Crippen LogP contribution in [0.2, 0.25) is 0 Å². The Morgan fingerprint density at radius 2 is 1.89 bits per heavy atom. The largest absolute Gasteiger partial charge is 0.497 e. The number of nitrogens with zero attached hydrogens (tertiary/aromatic N) is 3. The number of anilines is 4. The zero-order valence-electron chi connectivity index (χ0n) is 16.4. The van der Waals surface area contributed by atoms with Crippen LogP contribution >= 0.6 is 0 Å². The first kappa shape index (κ1) is 20.0. The minimum absolute atomic E-state index is 0.211. The van der Waals surface area contributed by atoms with Gasteiger partial charge in [-0.15, -0.1) is 0 Å². The van der Waals surface area contributed by atoms with E-state index in [-0.39, 0.29) is 19.3 Å². The fraction of sp³-hybridized carbons (Fsp3) is 0.474. The van der Waals surface area contributed by atoms with Gasteiger partial charge < -0.3 is 35.8 Å². The van der Waals surface area contributed by atoms with E-state index in [0.29, 0.717) is 25.0 Å². The molecule has 0 unspecified atom stereocenters. The monoisotopic (exact) mass is 388 g/mol. The summed E-state index contributed by atoms with van der Waals surface area (Å²) in [6.07, 6.45) is 0. The van der Waals surface area contributed by atoms with E-state index >= 15 is 0 Å². The summed E-state index contributed by atoms with van der Waals surface area (Å²) in [4.78, 5) is 11.3. The van der Waals surface area contributed by atoms with Gasteiger partial charge in [0.15, 0.2) is 11.6 Å². The van der Waals surface area contributed by atoms with Crippen molar-refractivity contribution in [3.63, 3.8) is 0 Å². The topological polar surface area (TPSA) is 115 Å². The Balaban J connectivity index is 1.85. The van der Waals surface area contributed by atoms with Crippen molar-refractivity contribution >= 4 is 23.3 Å². The predicted octanol–water partition coefficient (Wildman–Crippen LogP) is 1.46. The van der Waals surface area contributed by atoms with E-state index in [2.05, 4.69) is 44.7 Å². The first-order valence-corrected chi connectivity index (χ1v) is 9.33. The van der Waals surface area contributed by atoms with Crippen molar-refractivity contribution in [1.29, 1.82) is 0 Å². The van der Waals surface area contributed by atoms with Crippen LogP contribution in [0.4, 0.5) is 23.3 Å². The molecule has 0 spiro atoms. The van der Waals surface area contributed by atoms with E-state index in [9.17, 15) is 10.2 Å². The molecule has 152 valence electrons. The second-order valence-electron chi connectivity index (χ2n) is 6.90. The van der Waals surface area contributed by atoms with Gasteiger partial charge in [0.25, 0.3) is 0 Å². The third-order valence-electron chi connectivity index (χ3n) is 4.60. The fourth-order valence-corrected chi connectivity index (χ4v) is 2.94. The minimum Gasteiger partial charge on any atom is -0.497 e. The third-order valence-corrected chi connectivity index (χ3v) is 4.60. The molecule has 9 nitrogen and oxygen atoms in total. The molecule has 2 heterocycles. The molecule has 0 saturated heterocycles. The number of ether oxygens (including phenoxy) is 1. The summed E-state index contributed by atoms with van der Waals surface area (Å²) >= 11 is 0. The molecule has 1 aliphatic rings. The van der Waals surface area contributed by atoms with Gasteiger partial charge >= 0.3 is 0 Å². The quantitative estimate of drug-likeness (QED) is 0.435. The Morgan fingerprint density at radius 1 is 1.18 bits per heavy atom. The number of rotatable bonds is 9. The highest BCUT2D eigenvalue weighted by Gasteiger charge is 2.27. The SMILES string of the molecule is COc1ccc(CNc2nc(NC(CO)CO)nc3c2NCN3C(C)C)cc1. The Morgan fingerprint density at radius 3 is 2.50 bits per heavy atom. The lowest BCUT2D eigenvalue weighted by molar-refractivity contribution is 0.203. The average Bonchev–Trinajstić information content (AvgIpc) is 3.15. The Labute approximate surface area is 164 Å². The molecule has 9 heteroatoms. The molecule has 1 aliphatic heterocycles. The van der Waals surface area contributed by atoms with Crippen LogP contribution in [0.1, 0.15) is 19.4 Å². The maximum Gasteiger partial charge on any atom is 0.227 e. The summed E-state index contributed by atoms with van der Waals surface area (Å²) in [6, 6.07) is 7.56. The molecule has 2 aromatic rings. The van der Waals surface area contributed by atoms with Crippen molar-refractivity contribution in [2.75, 3.05) is 47.8 Å². The number of aliphatic hydroxyl groups excluding tert-OH is 2. The van der Waals surface area contributed by atoms with Gasteiger partial charge in [-0.2, -0.15) is 9.97 Å². The lowest BCUT2D eigenvalue weighted by Crippen LogP contribution is -2.31. The molecule has 0 aliphatic carbocycles. The first-order valence-electron chi connectivity index (χ1n) is 9.33. The molecule has 0 bridgehead atoms. The second kappa shape index (κ2) is 8.94. The summed E-state index contributed by atoms with van der Waals surface area (Å²) < 4.78 is 5.19. The highest BCUT2D eigenvalue weighted by Crippen LogP contribution is 2.37. The zero-order chi connectivity index (χ0) is 20.1. The Hall–Kier alpha value is -2.78. The highest BCUT2D eigenvalue weighted by molar-refractivity contribution is 5.83. The van der Waals surface area contributed by atoms with Crippen LogP contribution < -0.4 is 25.6 Å². The van der Waals surface area contributed by atoms with Crippen molar-refractivity contribution < 1.29 is 14.9 Å². The molecule has 3 rings (SSSR count). The van der Waals surface area contributed by atoms with Gasteiger partial charge in [-0.3, -0.25) is 0 Å². The van der Waals surface area contributed by atoms with E-state index in [1.807, 2.05) is 24.3 Å². The molecule has 0 saturated carbocycles. The summed E-state index contributed by atoms with van der Waals surface area (Å²) in [5, 5.41) is 28.4. The van der Waals surface area contributed by atoms with Crippen LogP contribution in [-0.2, 0) is 6.54 Å². The zero-order valence-corrected chi connectivity index (χ0v) is 16.4.